The summed E-state index contributed by atoms with van der Waals surface area (Å²) in [5, 5.41) is 9.19. The smallest absolute Gasteiger partial charge is 0.255 e. The second-order valence-electron chi connectivity index (χ2n) is 7.68. The van der Waals surface area contributed by atoms with Crippen molar-refractivity contribution in [1.29, 1.82) is 0 Å². The number of hydrogen-bond donors (Lipinski definition) is 3. The molecule has 1 unspecified atom stereocenters. The van der Waals surface area contributed by atoms with Crippen LogP contribution >= 0.6 is 0 Å². The number of carbonyl (C=O) groups is 3. The molecule has 1 aromatic rings. The molecule has 1 atom stereocenters. The molecule has 2 fully saturated rings. The maximum absolute atomic E-state index is 12.7. The lowest BCUT2D eigenvalue weighted by Crippen LogP contribution is -2.52. The highest BCUT2D eigenvalue weighted by Gasteiger charge is 2.39. The van der Waals surface area contributed by atoms with E-state index in [0.29, 0.717) is 18.5 Å². The Morgan fingerprint density at radius 1 is 1.11 bits per heavy atom. The molecule has 7 heteroatoms. The Hall–Kier alpha value is -2.41. The molecule has 3 amide bonds. The van der Waals surface area contributed by atoms with Crippen molar-refractivity contribution in [3.8, 4) is 0 Å². The van der Waals surface area contributed by atoms with Crippen LogP contribution in [0.25, 0.3) is 0 Å². The van der Waals surface area contributed by atoms with E-state index in [1.54, 1.807) is 4.90 Å². The van der Waals surface area contributed by atoms with Crippen LogP contribution < -0.4 is 16.0 Å². The van der Waals surface area contributed by atoms with Crippen molar-refractivity contribution in [2.75, 3.05) is 25.0 Å². The summed E-state index contributed by atoms with van der Waals surface area (Å²) in [7, 11) is 0. The van der Waals surface area contributed by atoms with Gasteiger partial charge in [0.05, 0.1) is 0 Å². The first kappa shape index (κ1) is 18.0. The Labute approximate surface area is 158 Å². The number of fused-ring (bicyclic) bond motifs is 1. The number of nitrogens with zero attached hydrogens (tertiary/aromatic N) is 1. The van der Waals surface area contributed by atoms with Crippen LogP contribution in [0, 0.1) is 5.92 Å². The predicted molar refractivity (Wildman–Crippen MR) is 101 cm³/mol. The molecule has 2 saturated heterocycles. The lowest BCUT2D eigenvalue weighted by atomic mass is 9.95. The highest BCUT2D eigenvalue weighted by molar-refractivity contribution is 6.05. The summed E-state index contributed by atoms with van der Waals surface area (Å²) in [6, 6.07) is 5.24. The van der Waals surface area contributed by atoms with Gasteiger partial charge in [0.15, 0.2) is 0 Å². The number of imide groups is 1. The number of amides is 3. The van der Waals surface area contributed by atoms with Crippen molar-refractivity contribution in [3.05, 3.63) is 29.3 Å². The van der Waals surface area contributed by atoms with E-state index >= 15 is 0 Å². The molecular formula is C20H26N4O3. The first-order valence-electron chi connectivity index (χ1n) is 9.84. The molecule has 0 radical (unpaired) electrons. The minimum Gasteiger partial charge on any atom is -0.385 e. The molecule has 0 bridgehead atoms. The molecule has 3 heterocycles. The fourth-order valence-electron chi connectivity index (χ4n) is 4.28. The molecule has 0 aliphatic carbocycles. The van der Waals surface area contributed by atoms with Gasteiger partial charge in [0.25, 0.3) is 5.91 Å². The van der Waals surface area contributed by atoms with E-state index in [9.17, 15) is 14.4 Å². The molecule has 0 aromatic heterocycles. The van der Waals surface area contributed by atoms with E-state index in [1.807, 2.05) is 18.2 Å². The Morgan fingerprint density at radius 3 is 2.70 bits per heavy atom. The number of rotatable bonds is 5. The van der Waals surface area contributed by atoms with Crippen molar-refractivity contribution >= 4 is 23.4 Å². The number of nitrogens with one attached hydrogen (secondary N) is 3. The van der Waals surface area contributed by atoms with Crippen LogP contribution in [0.15, 0.2) is 18.2 Å². The van der Waals surface area contributed by atoms with Gasteiger partial charge in [0, 0.05) is 30.8 Å². The third kappa shape index (κ3) is 3.83. The summed E-state index contributed by atoms with van der Waals surface area (Å²) in [5.41, 5.74) is 2.61. The van der Waals surface area contributed by atoms with Crippen molar-refractivity contribution in [2.24, 2.45) is 5.92 Å². The molecule has 3 aliphatic rings. The van der Waals surface area contributed by atoms with Crippen LogP contribution in [0.5, 0.6) is 0 Å². The number of hydrogen-bond acceptors (Lipinski definition) is 5. The Kier molecular flexibility index (Phi) is 5.11. The first-order chi connectivity index (χ1) is 13.1. The number of piperidine rings is 2. The van der Waals surface area contributed by atoms with Gasteiger partial charge in [0.1, 0.15) is 6.04 Å². The molecule has 3 N–H and O–H groups in total. The molecule has 1 aromatic carbocycles. The summed E-state index contributed by atoms with van der Waals surface area (Å²) < 4.78 is 0. The zero-order valence-corrected chi connectivity index (χ0v) is 15.4. The van der Waals surface area contributed by atoms with Crippen molar-refractivity contribution in [2.45, 2.75) is 44.7 Å². The van der Waals surface area contributed by atoms with Crippen LogP contribution in [-0.2, 0) is 16.1 Å². The van der Waals surface area contributed by atoms with Crippen LogP contribution in [0.2, 0.25) is 0 Å². The highest BCUT2D eigenvalue weighted by Crippen LogP contribution is 2.29. The third-order valence-electron chi connectivity index (χ3n) is 5.86. The number of benzene rings is 1. The lowest BCUT2D eigenvalue weighted by molar-refractivity contribution is -0.136. The summed E-state index contributed by atoms with van der Waals surface area (Å²) in [5.74, 6) is 0.0203. The second kappa shape index (κ2) is 7.68. The van der Waals surface area contributed by atoms with Crippen LogP contribution in [-0.4, -0.2) is 48.3 Å². The Morgan fingerprint density at radius 2 is 1.93 bits per heavy atom. The van der Waals surface area contributed by atoms with E-state index in [-0.39, 0.29) is 24.1 Å². The number of anilines is 1. The zero-order valence-electron chi connectivity index (χ0n) is 15.4. The molecule has 144 valence electrons. The quantitative estimate of drug-likeness (QED) is 0.679. The maximum Gasteiger partial charge on any atom is 0.255 e. The summed E-state index contributed by atoms with van der Waals surface area (Å²) >= 11 is 0. The van der Waals surface area contributed by atoms with E-state index in [4.69, 9.17) is 0 Å². The first-order valence-corrected chi connectivity index (χ1v) is 9.84. The average Bonchev–Trinajstić information content (AvgIpc) is 2.99. The summed E-state index contributed by atoms with van der Waals surface area (Å²) in [6.45, 7) is 3.57. The molecule has 7 nitrogen and oxygen atoms in total. The maximum atomic E-state index is 12.7. The SMILES string of the molecule is O=C1CCC(N2Cc3cc(NCCC4CCNCC4)ccc3C2=O)C(=O)N1. The second-order valence-corrected chi connectivity index (χ2v) is 7.68. The van der Waals surface area contributed by atoms with Crippen LogP contribution in [0.1, 0.15) is 48.0 Å². The largest absolute Gasteiger partial charge is 0.385 e. The molecule has 27 heavy (non-hydrogen) atoms. The van der Waals surface area contributed by atoms with Crippen LogP contribution in [0.4, 0.5) is 5.69 Å². The highest BCUT2D eigenvalue weighted by atomic mass is 16.2. The molecule has 3 aliphatic heterocycles. The van der Waals surface area contributed by atoms with Gasteiger partial charge in [0.2, 0.25) is 11.8 Å². The fourth-order valence-corrected chi connectivity index (χ4v) is 4.28. The van der Waals surface area contributed by atoms with Gasteiger partial charge in [-0.25, -0.2) is 0 Å². The van der Waals surface area contributed by atoms with Gasteiger partial charge in [-0.15, -0.1) is 0 Å². The van der Waals surface area contributed by atoms with Gasteiger partial charge < -0.3 is 15.5 Å². The molecular weight excluding hydrogens is 344 g/mol. The van der Waals surface area contributed by atoms with Crippen molar-refractivity contribution in [3.63, 3.8) is 0 Å². The molecule has 0 spiro atoms. The van der Waals surface area contributed by atoms with Crippen LogP contribution in [0.3, 0.4) is 0 Å². The fraction of sp³-hybridized carbons (Fsp3) is 0.550. The van der Waals surface area contributed by atoms with E-state index in [1.165, 1.54) is 12.8 Å². The number of carbonyl (C=O) groups excluding carboxylic acids is 3. The van der Waals surface area contributed by atoms with Crippen molar-refractivity contribution in [1.82, 2.24) is 15.5 Å². The summed E-state index contributed by atoms with van der Waals surface area (Å²) in [6.07, 6.45) is 4.30. The Balaban J connectivity index is 1.37. The van der Waals surface area contributed by atoms with Gasteiger partial charge >= 0.3 is 0 Å². The average molecular weight is 370 g/mol. The minimum atomic E-state index is -0.557. The lowest BCUT2D eigenvalue weighted by Gasteiger charge is -2.29. The zero-order chi connectivity index (χ0) is 18.8. The monoisotopic (exact) mass is 370 g/mol. The van der Waals surface area contributed by atoms with E-state index < -0.39 is 6.04 Å². The summed E-state index contributed by atoms with van der Waals surface area (Å²) in [4.78, 5) is 37.7. The van der Waals surface area contributed by atoms with Gasteiger partial charge in [-0.05, 0) is 68.5 Å². The van der Waals surface area contributed by atoms with E-state index in [2.05, 4.69) is 16.0 Å². The predicted octanol–water partition coefficient (Wildman–Crippen LogP) is 1.25. The molecule has 0 saturated carbocycles. The third-order valence-corrected chi connectivity index (χ3v) is 5.86. The van der Waals surface area contributed by atoms with Gasteiger partial charge in [-0.1, -0.05) is 0 Å². The molecule has 4 rings (SSSR count). The Bertz CT molecular complexity index is 758. The van der Waals surface area contributed by atoms with Gasteiger partial charge in [-0.2, -0.15) is 0 Å². The topological polar surface area (TPSA) is 90.5 Å². The standard InChI is InChI=1S/C20H26N4O3/c25-18-4-3-17(19(26)23-18)24-12-14-11-15(1-2-16(14)20(24)27)22-10-7-13-5-8-21-9-6-13/h1-2,11,13,17,21-22H,3-10,12H2,(H,23,25,26). The normalized spacial score (nSPS) is 23.3. The van der Waals surface area contributed by atoms with Gasteiger partial charge in [-0.3, -0.25) is 19.7 Å². The van der Waals surface area contributed by atoms with E-state index in [0.717, 1.165) is 43.2 Å². The van der Waals surface area contributed by atoms with Crippen molar-refractivity contribution < 1.29 is 14.4 Å². The minimum absolute atomic E-state index is 0.124.